The predicted molar refractivity (Wildman–Crippen MR) is 61.9 cm³/mol. The van der Waals surface area contributed by atoms with Crippen LogP contribution >= 0.6 is 0 Å². The van der Waals surface area contributed by atoms with Crippen LogP contribution in [0.2, 0.25) is 0 Å². The zero-order valence-electron chi connectivity index (χ0n) is 9.05. The molecule has 16 heavy (non-hydrogen) atoms. The van der Waals surface area contributed by atoms with Crippen molar-refractivity contribution in [3.8, 4) is 17.1 Å². The fourth-order valence-corrected chi connectivity index (χ4v) is 1.50. The number of ether oxygens (including phenoxy) is 1. The quantitative estimate of drug-likeness (QED) is 0.845. The van der Waals surface area contributed by atoms with E-state index in [0.29, 0.717) is 12.4 Å². The van der Waals surface area contributed by atoms with E-state index < -0.39 is 0 Å². The summed E-state index contributed by atoms with van der Waals surface area (Å²) in [4.78, 5) is 8.46. The molecule has 0 atom stereocenters. The van der Waals surface area contributed by atoms with Crippen molar-refractivity contribution in [3.05, 3.63) is 42.2 Å². The molecule has 0 aliphatic rings. The standard InChI is InChI=1S/C12H13N3O/c1-16-11-5-4-10(8-15-11)12-9(7-13)3-2-6-14-12/h2-6,8H,7,13H2,1H3. The molecule has 0 unspecified atom stereocenters. The van der Waals surface area contributed by atoms with Gasteiger partial charge in [0.05, 0.1) is 12.8 Å². The second kappa shape index (κ2) is 4.72. The number of nitrogens with two attached hydrogens (primary N) is 1. The Kier molecular flexibility index (Phi) is 3.12. The van der Waals surface area contributed by atoms with Gasteiger partial charge in [-0.2, -0.15) is 0 Å². The van der Waals surface area contributed by atoms with Crippen LogP contribution in [0.1, 0.15) is 5.56 Å². The van der Waals surface area contributed by atoms with Crippen LogP contribution in [-0.4, -0.2) is 17.1 Å². The van der Waals surface area contributed by atoms with E-state index in [0.717, 1.165) is 16.8 Å². The minimum absolute atomic E-state index is 0.467. The van der Waals surface area contributed by atoms with Gasteiger partial charge in [0, 0.05) is 30.6 Å². The van der Waals surface area contributed by atoms with E-state index in [1.807, 2.05) is 24.3 Å². The summed E-state index contributed by atoms with van der Waals surface area (Å²) in [6.45, 7) is 0.467. The summed E-state index contributed by atoms with van der Waals surface area (Å²) < 4.78 is 5.01. The van der Waals surface area contributed by atoms with E-state index in [2.05, 4.69) is 9.97 Å². The third kappa shape index (κ3) is 2.01. The molecule has 2 N–H and O–H groups in total. The van der Waals surface area contributed by atoms with Crippen LogP contribution in [0.4, 0.5) is 0 Å². The van der Waals surface area contributed by atoms with E-state index in [4.69, 9.17) is 10.5 Å². The fraction of sp³-hybridized carbons (Fsp3) is 0.167. The molecule has 4 nitrogen and oxygen atoms in total. The van der Waals surface area contributed by atoms with Crippen molar-refractivity contribution in [3.63, 3.8) is 0 Å². The largest absolute Gasteiger partial charge is 0.481 e. The van der Waals surface area contributed by atoms with Crippen LogP contribution in [0.5, 0.6) is 5.88 Å². The lowest BCUT2D eigenvalue weighted by Crippen LogP contribution is -2.00. The summed E-state index contributed by atoms with van der Waals surface area (Å²) in [7, 11) is 1.59. The number of hydrogen-bond acceptors (Lipinski definition) is 4. The first-order valence-electron chi connectivity index (χ1n) is 4.99. The third-order valence-electron chi connectivity index (χ3n) is 2.33. The van der Waals surface area contributed by atoms with Crippen molar-refractivity contribution < 1.29 is 4.74 Å². The van der Waals surface area contributed by atoms with Gasteiger partial charge < -0.3 is 10.5 Å². The Labute approximate surface area is 94.1 Å². The maximum atomic E-state index is 5.66. The number of rotatable bonds is 3. The number of nitrogens with zero attached hydrogens (tertiary/aromatic N) is 2. The molecule has 0 radical (unpaired) electrons. The Hall–Kier alpha value is -1.94. The first kappa shape index (κ1) is 10.6. The van der Waals surface area contributed by atoms with Gasteiger partial charge in [0.25, 0.3) is 0 Å². The average Bonchev–Trinajstić information content (AvgIpc) is 2.39. The van der Waals surface area contributed by atoms with E-state index in [-0.39, 0.29) is 0 Å². The van der Waals surface area contributed by atoms with Crippen molar-refractivity contribution in [2.75, 3.05) is 7.11 Å². The molecule has 0 saturated heterocycles. The number of aromatic nitrogens is 2. The number of hydrogen-bond donors (Lipinski definition) is 1. The zero-order chi connectivity index (χ0) is 11.4. The van der Waals surface area contributed by atoms with Gasteiger partial charge in [0.1, 0.15) is 0 Å². The molecule has 0 amide bonds. The van der Waals surface area contributed by atoms with Gasteiger partial charge in [-0.15, -0.1) is 0 Å². The van der Waals surface area contributed by atoms with Crippen molar-refractivity contribution in [2.24, 2.45) is 5.73 Å². The van der Waals surface area contributed by atoms with Crippen molar-refractivity contribution >= 4 is 0 Å². The first-order chi connectivity index (χ1) is 7.85. The van der Waals surface area contributed by atoms with Gasteiger partial charge in [-0.05, 0) is 17.7 Å². The van der Waals surface area contributed by atoms with Gasteiger partial charge in [-0.3, -0.25) is 4.98 Å². The summed E-state index contributed by atoms with van der Waals surface area (Å²) in [5.74, 6) is 0.592. The molecule has 0 aromatic carbocycles. The SMILES string of the molecule is COc1ccc(-c2ncccc2CN)cn1. The Morgan fingerprint density at radius 2 is 2.12 bits per heavy atom. The number of methoxy groups -OCH3 is 1. The molecule has 0 aliphatic heterocycles. The van der Waals surface area contributed by atoms with E-state index in [9.17, 15) is 0 Å². The third-order valence-corrected chi connectivity index (χ3v) is 2.33. The molecule has 0 bridgehead atoms. The van der Waals surface area contributed by atoms with E-state index in [1.54, 1.807) is 19.5 Å². The average molecular weight is 215 g/mol. The summed E-state index contributed by atoms with van der Waals surface area (Å²) in [5.41, 5.74) is 8.49. The molecule has 0 saturated carbocycles. The topological polar surface area (TPSA) is 61.0 Å². The van der Waals surface area contributed by atoms with Gasteiger partial charge in [0.2, 0.25) is 5.88 Å². The van der Waals surface area contributed by atoms with Crippen molar-refractivity contribution in [1.29, 1.82) is 0 Å². The molecule has 2 heterocycles. The molecule has 0 spiro atoms. The van der Waals surface area contributed by atoms with Crippen LogP contribution in [-0.2, 0) is 6.54 Å². The molecule has 0 fully saturated rings. The van der Waals surface area contributed by atoms with Gasteiger partial charge in [-0.25, -0.2) is 4.98 Å². The first-order valence-corrected chi connectivity index (χ1v) is 4.99. The van der Waals surface area contributed by atoms with E-state index in [1.165, 1.54) is 0 Å². The summed E-state index contributed by atoms with van der Waals surface area (Å²) >= 11 is 0. The monoisotopic (exact) mass is 215 g/mol. The Morgan fingerprint density at radius 1 is 1.25 bits per heavy atom. The van der Waals surface area contributed by atoms with Gasteiger partial charge in [0.15, 0.2) is 0 Å². The van der Waals surface area contributed by atoms with Crippen molar-refractivity contribution in [1.82, 2.24) is 9.97 Å². The van der Waals surface area contributed by atoms with Gasteiger partial charge >= 0.3 is 0 Å². The van der Waals surface area contributed by atoms with Crippen LogP contribution in [0.3, 0.4) is 0 Å². The van der Waals surface area contributed by atoms with Crippen LogP contribution in [0.25, 0.3) is 11.3 Å². The molecule has 2 rings (SSSR count). The smallest absolute Gasteiger partial charge is 0.212 e. The molecule has 4 heteroatoms. The Bertz CT molecular complexity index is 468. The number of pyridine rings is 2. The highest BCUT2D eigenvalue weighted by Gasteiger charge is 2.05. The van der Waals surface area contributed by atoms with E-state index >= 15 is 0 Å². The highest BCUT2D eigenvalue weighted by Crippen LogP contribution is 2.21. The van der Waals surface area contributed by atoms with Crippen molar-refractivity contribution in [2.45, 2.75) is 6.54 Å². The lowest BCUT2D eigenvalue weighted by molar-refractivity contribution is 0.398. The fourth-order valence-electron chi connectivity index (χ4n) is 1.50. The lowest BCUT2D eigenvalue weighted by Gasteiger charge is -2.06. The second-order valence-electron chi connectivity index (χ2n) is 3.30. The molecular weight excluding hydrogens is 202 g/mol. The maximum Gasteiger partial charge on any atom is 0.212 e. The molecule has 2 aromatic rings. The Morgan fingerprint density at radius 3 is 2.75 bits per heavy atom. The minimum atomic E-state index is 0.467. The van der Waals surface area contributed by atoms with Crippen LogP contribution in [0.15, 0.2) is 36.7 Å². The molecule has 2 aromatic heterocycles. The van der Waals surface area contributed by atoms with Crippen LogP contribution in [0, 0.1) is 0 Å². The van der Waals surface area contributed by atoms with Gasteiger partial charge in [-0.1, -0.05) is 6.07 Å². The summed E-state index contributed by atoms with van der Waals surface area (Å²) in [6.07, 6.45) is 3.49. The highest BCUT2D eigenvalue weighted by atomic mass is 16.5. The Balaban J connectivity index is 2.42. The second-order valence-corrected chi connectivity index (χ2v) is 3.30. The summed E-state index contributed by atoms with van der Waals surface area (Å²) in [6, 6.07) is 7.58. The zero-order valence-corrected chi connectivity index (χ0v) is 9.05. The molecule has 0 aliphatic carbocycles. The molecular formula is C12H13N3O. The minimum Gasteiger partial charge on any atom is -0.481 e. The lowest BCUT2D eigenvalue weighted by atomic mass is 10.1. The molecule has 82 valence electrons. The summed E-state index contributed by atoms with van der Waals surface area (Å²) in [5, 5.41) is 0. The highest BCUT2D eigenvalue weighted by molar-refractivity contribution is 5.62. The van der Waals surface area contributed by atoms with Crippen LogP contribution < -0.4 is 10.5 Å². The normalized spacial score (nSPS) is 10.1. The maximum absolute atomic E-state index is 5.66. The predicted octanol–water partition coefficient (Wildman–Crippen LogP) is 1.61.